The number of hydrogen-bond acceptors (Lipinski definition) is 8. The summed E-state index contributed by atoms with van der Waals surface area (Å²) in [4.78, 5) is 17.5. The number of allylic oxidation sites excluding steroid dienone is 1. The van der Waals surface area contributed by atoms with Crippen LogP contribution in [-0.2, 0) is 9.53 Å². The van der Waals surface area contributed by atoms with Crippen LogP contribution in [0.4, 0.5) is 5.95 Å². The van der Waals surface area contributed by atoms with E-state index in [9.17, 15) is 4.79 Å². The Kier molecular flexibility index (Phi) is 7.97. The van der Waals surface area contributed by atoms with E-state index in [1.807, 2.05) is 13.0 Å². The molecule has 0 spiro atoms. The molecule has 1 aromatic carbocycles. The quantitative estimate of drug-likeness (QED) is 0.409. The monoisotopic (exact) mass is 444 g/mol. The fourth-order valence-corrected chi connectivity index (χ4v) is 3.93. The van der Waals surface area contributed by atoms with Gasteiger partial charge in [0.25, 0.3) is 0 Å². The fourth-order valence-electron chi connectivity index (χ4n) is 3.93. The molecule has 0 saturated carbocycles. The van der Waals surface area contributed by atoms with E-state index in [2.05, 4.69) is 22.3 Å². The van der Waals surface area contributed by atoms with E-state index in [4.69, 9.17) is 18.9 Å². The number of anilines is 1. The second-order valence-corrected chi connectivity index (χ2v) is 7.57. The van der Waals surface area contributed by atoms with Crippen LogP contribution in [0.15, 0.2) is 29.7 Å². The van der Waals surface area contributed by atoms with E-state index in [0.717, 1.165) is 19.3 Å². The molecular weight excluding hydrogens is 412 g/mol. The Labute approximate surface area is 188 Å². The Morgan fingerprint density at radius 1 is 1.06 bits per heavy atom. The van der Waals surface area contributed by atoms with Crippen LogP contribution < -0.4 is 19.5 Å². The molecule has 1 unspecified atom stereocenters. The maximum absolute atomic E-state index is 13.2. The third kappa shape index (κ3) is 4.66. The number of fused-ring (bicyclic) bond motifs is 1. The largest absolute Gasteiger partial charge is 0.493 e. The molecule has 9 heteroatoms. The maximum atomic E-state index is 13.2. The van der Waals surface area contributed by atoms with Gasteiger partial charge >= 0.3 is 5.97 Å². The number of rotatable bonds is 11. The van der Waals surface area contributed by atoms with Crippen molar-refractivity contribution in [3.05, 3.63) is 35.3 Å². The van der Waals surface area contributed by atoms with Gasteiger partial charge in [0.2, 0.25) is 11.7 Å². The van der Waals surface area contributed by atoms with Gasteiger partial charge < -0.3 is 24.3 Å². The van der Waals surface area contributed by atoms with Gasteiger partial charge in [0, 0.05) is 11.3 Å². The Morgan fingerprint density at radius 3 is 2.50 bits per heavy atom. The molecule has 0 saturated heterocycles. The van der Waals surface area contributed by atoms with Crippen molar-refractivity contribution >= 4 is 11.9 Å². The highest BCUT2D eigenvalue weighted by Gasteiger charge is 2.37. The minimum atomic E-state index is -0.601. The lowest BCUT2D eigenvalue weighted by Crippen LogP contribution is -2.30. The number of nitrogens with one attached hydrogen (secondary N) is 1. The first-order chi connectivity index (χ1) is 15.6. The molecule has 3 rings (SSSR count). The molecule has 9 nitrogen and oxygen atoms in total. The molecule has 0 aliphatic carbocycles. The van der Waals surface area contributed by atoms with Crippen LogP contribution in [0.5, 0.6) is 17.2 Å². The van der Waals surface area contributed by atoms with Gasteiger partial charge in [-0.1, -0.05) is 32.6 Å². The standard InChI is InChI=1S/C23H32N4O5/c1-6-7-8-9-10-13-32-22(28)18-15(2)26-23-24-14-25-27(23)19(18)16-11-12-17(29-3)21(31-5)20(16)30-4/h11-12,14,19H,6-10,13H2,1-5H3,(H,24,25,26). The lowest BCUT2D eigenvalue weighted by Gasteiger charge is -2.29. The zero-order chi connectivity index (χ0) is 23.1. The van der Waals surface area contributed by atoms with E-state index in [-0.39, 0.29) is 0 Å². The predicted octanol–water partition coefficient (Wildman–Crippen LogP) is 4.11. The molecule has 0 fully saturated rings. The average molecular weight is 445 g/mol. The summed E-state index contributed by atoms with van der Waals surface area (Å²) >= 11 is 0. The normalized spacial score (nSPS) is 15.1. The van der Waals surface area contributed by atoms with E-state index in [1.54, 1.807) is 32.1 Å². The first kappa shape index (κ1) is 23.4. The summed E-state index contributed by atoms with van der Waals surface area (Å²) in [5.41, 5.74) is 1.79. The average Bonchev–Trinajstić information content (AvgIpc) is 3.27. The summed E-state index contributed by atoms with van der Waals surface area (Å²) in [7, 11) is 4.65. The summed E-state index contributed by atoms with van der Waals surface area (Å²) < 4.78 is 24.0. The number of carbonyl (C=O) groups is 1. The van der Waals surface area contributed by atoms with Crippen LogP contribution in [-0.4, -0.2) is 48.7 Å². The smallest absolute Gasteiger partial charge is 0.338 e. The van der Waals surface area contributed by atoms with E-state index < -0.39 is 12.0 Å². The van der Waals surface area contributed by atoms with E-state index >= 15 is 0 Å². The molecule has 2 heterocycles. The lowest BCUT2D eigenvalue weighted by atomic mass is 9.94. The van der Waals surface area contributed by atoms with Crippen molar-refractivity contribution in [3.63, 3.8) is 0 Å². The second-order valence-electron chi connectivity index (χ2n) is 7.57. The third-order valence-corrected chi connectivity index (χ3v) is 5.52. The van der Waals surface area contributed by atoms with Crippen molar-refractivity contribution in [1.29, 1.82) is 0 Å². The van der Waals surface area contributed by atoms with Gasteiger partial charge in [-0.15, -0.1) is 0 Å². The minimum Gasteiger partial charge on any atom is -0.493 e. The number of ether oxygens (including phenoxy) is 4. The Balaban J connectivity index is 1.96. The summed E-state index contributed by atoms with van der Waals surface area (Å²) in [6.45, 7) is 4.38. The molecule has 2 aromatic rings. The lowest BCUT2D eigenvalue weighted by molar-refractivity contribution is -0.139. The molecule has 1 N–H and O–H groups in total. The Morgan fingerprint density at radius 2 is 1.81 bits per heavy atom. The third-order valence-electron chi connectivity index (χ3n) is 5.52. The number of benzene rings is 1. The van der Waals surface area contributed by atoms with Crippen molar-refractivity contribution in [3.8, 4) is 17.2 Å². The van der Waals surface area contributed by atoms with Gasteiger partial charge in [0.1, 0.15) is 12.4 Å². The molecule has 174 valence electrons. The SMILES string of the molecule is CCCCCCCOC(=O)C1=C(C)Nc2ncnn2C1c1ccc(OC)c(OC)c1OC. The van der Waals surface area contributed by atoms with E-state index in [1.165, 1.54) is 19.2 Å². The van der Waals surface area contributed by atoms with Crippen LogP contribution in [0.1, 0.15) is 57.6 Å². The number of unbranched alkanes of at least 4 members (excludes halogenated alkanes) is 4. The first-order valence-electron chi connectivity index (χ1n) is 10.9. The van der Waals surface area contributed by atoms with Gasteiger partial charge in [-0.3, -0.25) is 0 Å². The Hall–Kier alpha value is -3.23. The van der Waals surface area contributed by atoms with Gasteiger partial charge in [-0.05, 0) is 25.5 Å². The maximum Gasteiger partial charge on any atom is 0.338 e. The number of esters is 1. The number of carbonyl (C=O) groups excluding carboxylic acids is 1. The highest BCUT2D eigenvalue weighted by atomic mass is 16.5. The number of methoxy groups -OCH3 is 3. The first-order valence-corrected chi connectivity index (χ1v) is 10.9. The molecular formula is C23H32N4O5. The molecule has 32 heavy (non-hydrogen) atoms. The predicted molar refractivity (Wildman–Crippen MR) is 120 cm³/mol. The van der Waals surface area contributed by atoms with Crippen molar-refractivity contribution in [2.45, 2.75) is 52.0 Å². The van der Waals surface area contributed by atoms with Crippen molar-refractivity contribution in [2.75, 3.05) is 33.3 Å². The zero-order valence-corrected chi connectivity index (χ0v) is 19.4. The minimum absolute atomic E-state index is 0.374. The summed E-state index contributed by atoms with van der Waals surface area (Å²) in [5, 5.41) is 7.51. The number of hydrogen-bond donors (Lipinski definition) is 1. The highest BCUT2D eigenvalue weighted by Crippen LogP contribution is 2.46. The van der Waals surface area contributed by atoms with Crippen LogP contribution in [0.25, 0.3) is 0 Å². The molecule has 1 aromatic heterocycles. The topological polar surface area (TPSA) is 96.7 Å². The molecule has 1 atom stereocenters. The van der Waals surface area contributed by atoms with Crippen molar-refractivity contribution in [1.82, 2.24) is 14.8 Å². The molecule has 0 radical (unpaired) electrons. The molecule has 0 bridgehead atoms. The summed E-state index contributed by atoms with van der Waals surface area (Å²) in [6, 6.07) is 3.02. The van der Waals surface area contributed by atoms with Crippen molar-refractivity contribution < 1.29 is 23.7 Å². The number of nitrogens with zero attached hydrogens (tertiary/aromatic N) is 3. The summed E-state index contributed by atoms with van der Waals surface area (Å²) in [6.07, 6.45) is 6.83. The van der Waals surface area contributed by atoms with Gasteiger partial charge in [-0.2, -0.15) is 10.1 Å². The second kappa shape index (κ2) is 10.9. The van der Waals surface area contributed by atoms with Gasteiger partial charge in [0.15, 0.2) is 11.5 Å². The fraction of sp³-hybridized carbons (Fsp3) is 0.522. The van der Waals surface area contributed by atoms with Gasteiger partial charge in [0.05, 0.1) is 33.5 Å². The molecule has 1 aliphatic heterocycles. The van der Waals surface area contributed by atoms with Crippen LogP contribution in [0.2, 0.25) is 0 Å². The summed E-state index contributed by atoms with van der Waals surface area (Å²) in [5.74, 6) is 1.55. The van der Waals surface area contributed by atoms with Crippen LogP contribution >= 0.6 is 0 Å². The van der Waals surface area contributed by atoms with Crippen LogP contribution in [0.3, 0.4) is 0 Å². The van der Waals surface area contributed by atoms with Crippen molar-refractivity contribution in [2.24, 2.45) is 0 Å². The van der Waals surface area contributed by atoms with Crippen LogP contribution in [0, 0.1) is 0 Å². The van der Waals surface area contributed by atoms with Gasteiger partial charge in [-0.25, -0.2) is 9.48 Å². The molecule has 1 aliphatic rings. The highest BCUT2D eigenvalue weighted by molar-refractivity contribution is 5.92. The van der Waals surface area contributed by atoms with E-state index in [0.29, 0.717) is 46.6 Å². The zero-order valence-electron chi connectivity index (χ0n) is 19.4. The Bertz CT molecular complexity index is 969. The molecule has 0 amide bonds. The number of aromatic nitrogens is 3.